The first-order valence-electron chi connectivity index (χ1n) is 9.03. The van der Waals surface area contributed by atoms with E-state index in [0.29, 0.717) is 36.1 Å². The van der Waals surface area contributed by atoms with E-state index in [1.165, 1.54) is 12.0 Å². The molecule has 1 aliphatic rings. The van der Waals surface area contributed by atoms with Crippen LogP contribution in [0.15, 0.2) is 35.4 Å². The van der Waals surface area contributed by atoms with Crippen molar-refractivity contribution < 1.29 is 23.9 Å². The summed E-state index contributed by atoms with van der Waals surface area (Å²) >= 11 is 0. The molecule has 0 aliphatic heterocycles. The molecule has 1 amide bonds. The second kappa shape index (κ2) is 8.37. The molecular formula is C21H27NO5. The van der Waals surface area contributed by atoms with Gasteiger partial charge in [-0.25, -0.2) is 4.79 Å². The number of aryl methyl sites for hydroxylation is 1. The first-order chi connectivity index (χ1) is 12.6. The SMILES string of the molecule is COC(=O)C1=C(C(=O)N(CC(=O)OC(C)(C)C)c2ccccc2C)CCC1. The summed E-state index contributed by atoms with van der Waals surface area (Å²) in [4.78, 5) is 39.1. The molecule has 0 bridgehead atoms. The van der Waals surface area contributed by atoms with Crippen LogP contribution in [0.5, 0.6) is 0 Å². The van der Waals surface area contributed by atoms with Crippen molar-refractivity contribution in [2.75, 3.05) is 18.6 Å². The standard InChI is InChI=1S/C21H27NO5/c1-14-9-6-7-12-17(14)22(13-18(23)27-21(2,3)4)19(24)15-10-8-11-16(15)20(25)26-5/h6-7,9,12H,8,10-11,13H2,1-5H3. The zero-order chi connectivity index (χ0) is 20.2. The van der Waals surface area contributed by atoms with Crippen molar-refractivity contribution >= 4 is 23.5 Å². The Hall–Kier alpha value is -2.63. The minimum absolute atomic E-state index is 0.223. The maximum atomic E-state index is 13.3. The minimum Gasteiger partial charge on any atom is -0.466 e. The highest BCUT2D eigenvalue weighted by atomic mass is 16.6. The highest BCUT2D eigenvalue weighted by molar-refractivity contribution is 6.12. The van der Waals surface area contributed by atoms with E-state index in [4.69, 9.17) is 9.47 Å². The number of nitrogens with zero attached hydrogens (tertiary/aromatic N) is 1. The van der Waals surface area contributed by atoms with Gasteiger partial charge >= 0.3 is 11.9 Å². The lowest BCUT2D eigenvalue weighted by Crippen LogP contribution is -2.40. The Morgan fingerprint density at radius 2 is 1.70 bits per heavy atom. The van der Waals surface area contributed by atoms with Crippen LogP contribution >= 0.6 is 0 Å². The van der Waals surface area contributed by atoms with Crippen LogP contribution in [0.3, 0.4) is 0 Å². The molecule has 0 aromatic heterocycles. The molecule has 0 atom stereocenters. The smallest absolute Gasteiger partial charge is 0.334 e. The second-order valence-electron chi connectivity index (χ2n) is 7.57. The number of benzene rings is 1. The number of rotatable bonds is 5. The van der Waals surface area contributed by atoms with Gasteiger partial charge in [-0.2, -0.15) is 0 Å². The van der Waals surface area contributed by atoms with Gasteiger partial charge in [0.25, 0.3) is 5.91 Å². The summed E-state index contributed by atoms with van der Waals surface area (Å²) in [7, 11) is 1.30. The summed E-state index contributed by atoms with van der Waals surface area (Å²) in [5.74, 6) is -1.34. The molecule has 27 heavy (non-hydrogen) atoms. The fraction of sp³-hybridized carbons (Fsp3) is 0.476. The molecule has 0 N–H and O–H groups in total. The van der Waals surface area contributed by atoms with Crippen LogP contribution in [-0.2, 0) is 23.9 Å². The van der Waals surface area contributed by atoms with Gasteiger partial charge in [0.05, 0.1) is 7.11 Å². The number of hydrogen-bond acceptors (Lipinski definition) is 5. The van der Waals surface area contributed by atoms with Crippen molar-refractivity contribution in [2.24, 2.45) is 0 Å². The first-order valence-corrected chi connectivity index (χ1v) is 9.03. The maximum absolute atomic E-state index is 13.3. The summed E-state index contributed by atoms with van der Waals surface area (Å²) < 4.78 is 10.2. The van der Waals surface area contributed by atoms with E-state index >= 15 is 0 Å². The summed E-state index contributed by atoms with van der Waals surface area (Å²) in [6.07, 6.45) is 1.70. The van der Waals surface area contributed by atoms with Crippen LogP contribution in [0.2, 0.25) is 0 Å². The van der Waals surface area contributed by atoms with Crippen LogP contribution in [0.1, 0.15) is 45.6 Å². The zero-order valence-electron chi connectivity index (χ0n) is 16.6. The van der Waals surface area contributed by atoms with Gasteiger partial charge in [0.2, 0.25) is 0 Å². The van der Waals surface area contributed by atoms with Gasteiger partial charge in [0, 0.05) is 16.8 Å². The molecule has 0 saturated heterocycles. The van der Waals surface area contributed by atoms with E-state index < -0.39 is 17.5 Å². The number of carbonyl (C=O) groups excluding carboxylic acids is 3. The van der Waals surface area contributed by atoms with Gasteiger partial charge in [-0.15, -0.1) is 0 Å². The van der Waals surface area contributed by atoms with E-state index in [-0.39, 0.29) is 12.5 Å². The third-order valence-electron chi connectivity index (χ3n) is 4.27. The fourth-order valence-corrected chi connectivity index (χ4v) is 3.13. The monoisotopic (exact) mass is 373 g/mol. The van der Waals surface area contributed by atoms with Crippen LogP contribution < -0.4 is 4.90 Å². The normalized spacial score (nSPS) is 14.1. The van der Waals surface area contributed by atoms with Gasteiger partial charge in [-0.1, -0.05) is 18.2 Å². The topological polar surface area (TPSA) is 72.9 Å². The number of ether oxygens (including phenoxy) is 2. The Bertz CT molecular complexity index is 773. The van der Waals surface area contributed by atoms with Gasteiger partial charge < -0.3 is 9.47 Å². The number of carbonyl (C=O) groups is 3. The molecule has 1 aromatic carbocycles. The summed E-state index contributed by atoms with van der Waals surface area (Å²) in [6.45, 7) is 6.98. The number of para-hydroxylation sites is 1. The third kappa shape index (κ3) is 5.18. The van der Waals surface area contributed by atoms with Crippen molar-refractivity contribution in [3.8, 4) is 0 Å². The molecule has 6 nitrogen and oxygen atoms in total. The number of hydrogen-bond donors (Lipinski definition) is 0. The predicted molar refractivity (Wildman–Crippen MR) is 102 cm³/mol. The van der Waals surface area contributed by atoms with Crippen LogP contribution in [0.4, 0.5) is 5.69 Å². The van der Waals surface area contributed by atoms with Crippen LogP contribution in [0.25, 0.3) is 0 Å². The highest BCUT2D eigenvalue weighted by Crippen LogP contribution is 2.31. The molecule has 0 spiro atoms. The summed E-state index contributed by atoms with van der Waals surface area (Å²) in [5, 5.41) is 0. The molecule has 0 fully saturated rings. The molecule has 0 unspecified atom stereocenters. The molecule has 1 aromatic rings. The van der Waals surface area contributed by atoms with Crippen LogP contribution in [-0.4, -0.2) is 37.1 Å². The molecular weight excluding hydrogens is 346 g/mol. The molecule has 0 heterocycles. The van der Waals surface area contributed by atoms with Crippen molar-refractivity contribution in [3.63, 3.8) is 0 Å². The number of amides is 1. The van der Waals surface area contributed by atoms with E-state index in [1.807, 2.05) is 25.1 Å². The Morgan fingerprint density at radius 1 is 1.07 bits per heavy atom. The van der Waals surface area contributed by atoms with Crippen molar-refractivity contribution in [2.45, 2.75) is 52.6 Å². The quantitative estimate of drug-likeness (QED) is 0.740. The summed E-state index contributed by atoms with van der Waals surface area (Å²) in [5.41, 5.74) is 1.63. The third-order valence-corrected chi connectivity index (χ3v) is 4.27. The number of anilines is 1. The Balaban J connectivity index is 2.40. The lowest BCUT2D eigenvalue weighted by molar-refractivity contribution is -0.153. The molecule has 0 saturated carbocycles. The van der Waals surface area contributed by atoms with Crippen molar-refractivity contribution in [1.82, 2.24) is 0 Å². The van der Waals surface area contributed by atoms with E-state index in [0.717, 1.165) is 5.56 Å². The fourth-order valence-electron chi connectivity index (χ4n) is 3.13. The Labute approximate surface area is 160 Å². The van der Waals surface area contributed by atoms with Gasteiger partial charge in [-0.3, -0.25) is 14.5 Å². The Kier molecular flexibility index (Phi) is 6.41. The van der Waals surface area contributed by atoms with Crippen LogP contribution in [0, 0.1) is 6.92 Å². The van der Waals surface area contributed by atoms with Gasteiger partial charge in [0.1, 0.15) is 12.1 Å². The molecule has 0 radical (unpaired) electrons. The summed E-state index contributed by atoms with van der Waals surface area (Å²) in [6, 6.07) is 7.32. The molecule has 2 rings (SSSR count). The first kappa shape index (κ1) is 20.7. The van der Waals surface area contributed by atoms with E-state index in [9.17, 15) is 14.4 Å². The molecule has 6 heteroatoms. The number of esters is 2. The van der Waals surface area contributed by atoms with E-state index in [1.54, 1.807) is 26.8 Å². The largest absolute Gasteiger partial charge is 0.466 e. The maximum Gasteiger partial charge on any atom is 0.334 e. The average molecular weight is 373 g/mol. The highest BCUT2D eigenvalue weighted by Gasteiger charge is 2.32. The molecule has 146 valence electrons. The molecule has 1 aliphatic carbocycles. The predicted octanol–water partition coefficient (Wildman–Crippen LogP) is 3.32. The Morgan fingerprint density at radius 3 is 2.30 bits per heavy atom. The lowest BCUT2D eigenvalue weighted by atomic mass is 10.1. The second-order valence-corrected chi connectivity index (χ2v) is 7.57. The number of methoxy groups -OCH3 is 1. The van der Waals surface area contributed by atoms with Crippen molar-refractivity contribution in [1.29, 1.82) is 0 Å². The van der Waals surface area contributed by atoms with Crippen molar-refractivity contribution in [3.05, 3.63) is 41.0 Å². The van der Waals surface area contributed by atoms with Gasteiger partial charge in [-0.05, 0) is 58.6 Å². The van der Waals surface area contributed by atoms with E-state index in [2.05, 4.69) is 0 Å². The minimum atomic E-state index is -0.651. The zero-order valence-corrected chi connectivity index (χ0v) is 16.6. The average Bonchev–Trinajstić information content (AvgIpc) is 3.07. The van der Waals surface area contributed by atoms with Gasteiger partial charge in [0.15, 0.2) is 0 Å². The lowest BCUT2D eigenvalue weighted by Gasteiger charge is -2.27.